The van der Waals surface area contributed by atoms with E-state index in [-0.39, 0.29) is 4.99 Å². The number of nitrogens with two attached hydrogens (primary N) is 1. The predicted octanol–water partition coefficient (Wildman–Crippen LogP) is 2.67. The standard InChI is InChI=1S/C10H8Cl2N4OS2/c1-16-9(5(3-14-16)8(13)18)15-10(17)4-2-6(11)19-7(4)12/h2-3H,1H3,(H2,13,18)(H,15,17). The number of anilines is 1. The minimum Gasteiger partial charge on any atom is -0.389 e. The van der Waals surface area contributed by atoms with Gasteiger partial charge in [0.15, 0.2) is 0 Å². The van der Waals surface area contributed by atoms with Gasteiger partial charge in [0.1, 0.15) is 15.1 Å². The number of carbonyl (C=O) groups is 1. The number of thiophene rings is 1. The lowest BCUT2D eigenvalue weighted by atomic mass is 10.3. The number of aromatic nitrogens is 2. The summed E-state index contributed by atoms with van der Waals surface area (Å²) in [7, 11) is 1.67. The second-order valence-corrected chi connectivity index (χ2v) is 6.31. The molecule has 0 unspecified atom stereocenters. The third-order valence-corrected chi connectivity index (χ3v) is 4.04. The van der Waals surface area contributed by atoms with Gasteiger partial charge in [0.2, 0.25) is 0 Å². The first-order chi connectivity index (χ1) is 8.90. The van der Waals surface area contributed by atoms with Crippen LogP contribution in [0.2, 0.25) is 8.67 Å². The highest BCUT2D eigenvalue weighted by Gasteiger charge is 2.18. The summed E-state index contributed by atoms with van der Waals surface area (Å²) >= 11 is 17.7. The molecule has 1 amide bonds. The Labute approximate surface area is 128 Å². The minimum atomic E-state index is -0.394. The van der Waals surface area contributed by atoms with Gasteiger partial charge in [-0.25, -0.2) is 0 Å². The van der Waals surface area contributed by atoms with E-state index in [1.165, 1.54) is 16.9 Å². The number of thiocarbonyl (C=S) groups is 1. The predicted molar refractivity (Wildman–Crippen MR) is 81.4 cm³/mol. The smallest absolute Gasteiger partial charge is 0.259 e. The molecule has 19 heavy (non-hydrogen) atoms. The Morgan fingerprint density at radius 2 is 2.21 bits per heavy atom. The molecular formula is C10H8Cl2N4OS2. The molecule has 0 fully saturated rings. The van der Waals surface area contributed by atoms with Crippen molar-refractivity contribution in [3.8, 4) is 0 Å². The Balaban J connectivity index is 2.31. The van der Waals surface area contributed by atoms with Gasteiger partial charge in [-0.2, -0.15) is 5.10 Å². The molecule has 0 radical (unpaired) electrons. The Kier molecular flexibility index (Phi) is 4.10. The normalized spacial score (nSPS) is 10.5. The molecule has 100 valence electrons. The number of rotatable bonds is 3. The van der Waals surface area contributed by atoms with Crippen LogP contribution in [0.1, 0.15) is 15.9 Å². The number of halogens is 2. The number of hydrogen-bond donors (Lipinski definition) is 2. The highest BCUT2D eigenvalue weighted by molar-refractivity contribution is 7.80. The third kappa shape index (κ3) is 2.89. The minimum absolute atomic E-state index is 0.151. The van der Waals surface area contributed by atoms with Gasteiger partial charge in [-0.05, 0) is 6.07 Å². The molecule has 0 aliphatic heterocycles. The Hall–Kier alpha value is -1.15. The van der Waals surface area contributed by atoms with Crippen molar-refractivity contribution >= 4 is 63.5 Å². The van der Waals surface area contributed by atoms with Crippen molar-refractivity contribution in [1.29, 1.82) is 0 Å². The first-order valence-corrected chi connectivity index (χ1v) is 6.96. The first-order valence-electron chi connectivity index (χ1n) is 4.98. The number of carbonyl (C=O) groups excluding carboxylic acids is 1. The van der Waals surface area contributed by atoms with Crippen LogP contribution in [0.4, 0.5) is 5.82 Å². The van der Waals surface area contributed by atoms with Gasteiger partial charge in [-0.1, -0.05) is 35.4 Å². The van der Waals surface area contributed by atoms with Crippen LogP contribution in [0.15, 0.2) is 12.3 Å². The molecule has 0 atom stereocenters. The topological polar surface area (TPSA) is 72.9 Å². The second-order valence-electron chi connectivity index (χ2n) is 3.59. The number of amides is 1. The molecular weight excluding hydrogens is 327 g/mol. The molecule has 5 nitrogen and oxygen atoms in total. The van der Waals surface area contributed by atoms with Crippen LogP contribution in [0.25, 0.3) is 0 Å². The van der Waals surface area contributed by atoms with Crippen molar-refractivity contribution in [1.82, 2.24) is 9.78 Å². The zero-order chi connectivity index (χ0) is 14.2. The van der Waals surface area contributed by atoms with Gasteiger partial charge in [-0.15, -0.1) is 11.3 Å². The molecule has 2 heterocycles. The molecule has 0 saturated carbocycles. The van der Waals surface area contributed by atoms with Crippen LogP contribution < -0.4 is 11.1 Å². The lowest BCUT2D eigenvalue weighted by molar-refractivity contribution is 0.102. The van der Waals surface area contributed by atoms with E-state index in [0.29, 0.717) is 25.6 Å². The highest BCUT2D eigenvalue weighted by atomic mass is 35.5. The molecule has 0 bridgehead atoms. The van der Waals surface area contributed by atoms with Crippen LogP contribution in [-0.4, -0.2) is 20.7 Å². The van der Waals surface area contributed by atoms with Crippen molar-refractivity contribution in [3.63, 3.8) is 0 Å². The molecule has 0 spiro atoms. The largest absolute Gasteiger partial charge is 0.389 e. The van der Waals surface area contributed by atoms with E-state index >= 15 is 0 Å². The van der Waals surface area contributed by atoms with Gasteiger partial charge < -0.3 is 11.1 Å². The van der Waals surface area contributed by atoms with Gasteiger partial charge in [0.25, 0.3) is 5.91 Å². The molecule has 9 heteroatoms. The van der Waals surface area contributed by atoms with Crippen molar-refractivity contribution in [2.45, 2.75) is 0 Å². The summed E-state index contributed by atoms with van der Waals surface area (Å²) < 4.78 is 2.23. The summed E-state index contributed by atoms with van der Waals surface area (Å²) in [6.07, 6.45) is 1.49. The monoisotopic (exact) mass is 334 g/mol. The Morgan fingerprint density at radius 3 is 2.74 bits per heavy atom. The summed E-state index contributed by atoms with van der Waals surface area (Å²) in [4.78, 5) is 12.3. The fourth-order valence-corrected chi connectivity index (χ4v) is 3.04. The van der Waals surface area contributed by atoms with Gasteiger partial charge >= 0.3 is 0 Å². The van der Waals surface area contributed by atoms with Gasteiger partial charge in [0.05, 0.1) is 21.7 Å². The fourth-order valence-electron chi connectivity index (χ4n) is 1.44. The fraction of sp³-hybridized carbons (Fsp3) is 0.100. The number of hydrogen-bond acceptors (Lipinski definition) is 4. The summed E-state index contributed by atoms with van der Waals surface area (Å²) in [5, 5.41) is 6.66. The molecule has 0 saturated heterocycles. The maximum Gasteiger partial charge on any atom is 0.259 e. The molecule has 3 N–H and O–H groups in total. The molecule has 0 aromatic carbocycles. The SMILES string of the molecule is Cn1ncc(C(N)=S)c1NC(=O)c1cc(Cl)sc1Cl. The van der Waals surface area contributed by atoms with Crippen LogP contribution in [0.3, 0.4) is 0 Å². The maximum absolute atomic E-state index is 12.1. The third-order valence-electron chi connectivity index (χ3n) is 2.34. The van der Waals surface area contributed by atoms with Gasteiger partial charge in [0, 0.05) is 7.05 Å². The van der Waals surface area contributed by atoms with Crippen LogP contribution in [-0.2, 0) is 7.05 Å². The molecule has 2 aromatic heterocycles. The number of nitrogens with zero attached hydrogens (tertiary/aromatic N) is 2. The number of aryl methyl sites for hydroxylation is 1. The summed E-state index contributed by atoms with van der Waals surface area (Å²) in [6, 6.07) is 1.50. The summed E-state index contributed by atoms with van der Waals surface area (Å²) in [5.41, 5.74) is 6.35. The summed E-state index contributed by atoms with van der Waals surface area (Å²) in [5.74, 6) is 0.0186. The average molecular weight is 335 g/mol. The zero-order valence-corrected chi connectivity index (χ0v) is 12.8. The van der Waals surface area contributed by atoms with Crippen LogP contribution in [0.5, 0.6) is 0 Å². The quantitative estimate of drug-likeness (QED) is 0.846. The van der Waals surface area contributed by atoms with E-state index in [2.05, 4.69) is 10.4 Å². The van der Waals surface area contributed by atoms with Crippen molar-refractivity contribution in [2.24, 2.45) is 12.8 Å². The first kappa shape index (κ1) is 14.3. The maximum atomic E-state index is 12.1. The molecule has 2 rings (SSSR count). The molecule has 0 aliphatic rings. The molecule has 0 aliphatic carbocycles. The second kappa shape index (κ2) is 5.46. The molecule has 2 aromatic rings. The van der Waals surface area contributed by atoms with Crippen LogP contribution in [0, 0.1) is 0 Å². The van der Waals surface area contributed by atoms with Crippen molar-refractivity contribution in [3.05, 3.63) is 32.1 Å². The van der Waals surface area contributed by atoms with Gasteiger partial charge in [-0.3, -0.25) is 9.48 Å². The Bertz CT molecular complexity index is 665. The Morgan fingerprint density at radius 1 is 1.53 bits per heavy atom. The van der Waals surface area contributed by atoms with Crippen molar-refractivity contribution < 1.29 is 4.79 Å². The van der Waals surface area contributed by atoms with E-state index in [0.717, 1.165) is 11.3 Å². The number of nitrogens with one attached hydrogen (secondary N) is 1. The van der Waals surface area contributed by atoms with Crippen molar-refractivity contribution in [2.75, 3.05) is 5.32 Å². The zero-order valence-electron chi connectivity index (χ0n) is 9.61. The summed E-state index contributed by atoms with van der Waals surface area (Å²) in [6.45, 7) is 0. The lowest BCUT2D eigenvalue weighted by Crippen LogP contribution is -2.18. The van der Waals surface area contributed by atoms with E-state index < -0.39 is 5.91 Å². The van der Waals surface area contributed by atoms with E-state index in [9.17, 15) is 4.79 Å². The average Bonchev–Trinajstić information content (AvgIpc) is 2.83. The van der Waals surface area contributed by atoms with Crippen LogP contribution >= 0.6 is 46.8 Å². The van der Waals surface area contributed by atoms with E-state index in [4.69, 9.17) is 41.2 Å². The van der Waals surface area contributed by atoms with E-state index in [1.807, 2.05) is 0 Å². The highest BCUT2D eigenvalue weighted by Crippen LogP contribution is 2.31. The lowest BCUT2D eigenvalue weighted by Gasteiger charge is -2.07. The van der Waals surface area contributed by atoms with E-state index in [1.54, 1.807) is 7.05 Å².